The Kier molecular flexibility index (Phi) is 2.25. The first-order valence-corrected chi connectivity index (χ1v) is 4.44. The lowest BCUT2D eigenvalue weighted by molar-refractivity contribution is 0.628. The summed E-state index contributed by atoms with van der Waals surface area (Å²) in [4.78, 5) is 3.94. The predicted octanol–water partition coefficient (Wildman–Crippen LogP) is 2.05. The maximum atomic E-state index is 12.7. The molecule has 0 aliphatic heterocycles. The molecule has 15 heavy (non-hydrogen) atoms. The molecule has 0 aliphatic carbocycles. The van der Waals surface area contributed by atoms with E-state index in [1.165, 1.54) is 12.1 Å². The SMILES string of the molecule is Nc1cc(-c2ccc(F)cc2)cnc1N. The monoisotopic (exact) mass is 203 g/mol. The number of nitrogens with two attached hydrogens (primary N) is 2. The van der Waals surface area contributed by atoms with Gasteiger partial charge in [0.1, 0.15) is 11.6 Å². The van der Waals surface area contributed by atoms with Gasteiger partial charge >= 0.3 is 0 Å². The lowest BCUT2D eigenvalue weighted by Gasteiger charge is -2.04. The largest absolute Gasteiger partial charge is 0.396 e. The van der Waals surface area contributed by atoms with E-state index in [0.29, 0.717) is 11.5 Å². The molecular weight excluding hydrogens is 193 g/mol. The lowest BCUT2D eigenvalue weighted by Crippen LogP contribution is -1.97. The molecule has 3 nitrogen and oxygen atoms in total. The van der Waals surface area contributed by atoms with Crippen LogP contribution >= 0.6 is 0 Å². The average molecular weight is 203 g/mol. The molecule has 0 amide bonds. The molecule has 0 radical (unpaired) electrons. The van der Waals surface area contributed by atoms with Crippen LogP contribution in [0.2, 0.25) is 0 Å². The summed E-state index contributed by atoms with van der Waals surface area (Å²) >= 11 is 0. The van der Waals surface area contributed by atoms with Crippen LogP contribution in [-0.4, -0.2) is 4.98 Å². The van der Waals surface area contributed by atoms with Crippen molar-refractivity contribution in [1.82, 2.24) is 4.98 Å². The Morgan fingerprint density at radius 3 is 2.27 bits per heavy atom. The average Bonchev–Trinajstić information content (AvgIpc) is 2.23. The van der Waals surface area contributed by atoms with Crippen LogP contribution in [0.15, 0.2) is 36.5 Å². The summed E-state index contributed by atoms with van der Waals surface area (Å²) in [5, 5.41) is 0. The van der Waals surface area contributed by atoms with Crippen molar-refractivity contribution in [2.45, 2.75) is 0 Å². The zero-order valence-electron chi connectivity index (χ0n) is 7.94. The summed E-state index contributed by atoms with van der Waals surface area (Å²) in [6.07, 6.45) is 1.61. The molecular formula is C11H10FN3. The standard InChI is InChI=1S/C11H10FN3/c12-9-3-1-7(2-4-9)8-5-10(13)11(14)15-6-8/h1-6H,13H2,(H2,14,15). The highest BCUT2D eigenvalue weighted by Crippen LogP contribution is 2.23. The van der Waals surface area contributed by atoms with E-state index in [1.807, 2.05) is 0 Å². The number of anilines is 2. The van der Waals surface area contributed by atoms with Gasteiger partial charge in [0, 0.05) is 11.8 Å². The van der Waals surface area contributed by atoms with Gasteiger partial charge < -0.3 is 11.5 Å². The van der Waals surface area contributed by atoms with Crippen molar-refractivity contribution in [2.75, 3.05) is 11.5 Å². The van der Waals surface area contributed by atoms with Gasteiger partial charge in [0.05, 0.1) is 5.69 Å². The summed E-state index contributed by atoms with van der Waals surface area (Å²) in [6, 6.07) is 7.84. The molecule has 4 N–H and O–H groups in total. The summed E-state index contributed by atoms with van der Waals surface area (Å²) in [5.74, 6) is 0.0380. The Bertz CT molecular complexity index is 480. The smallest absolute Gasteiger partial charge is 0.146 e. The molecule has 0 aliphatic rings. The highest BCUT2D eigenvalue weighted by atomic mass is 19.1. The van der Waals surface area contributed by atoms with Gasteiger partial charge in [-0.05, 0) is 23.8 Å². The third-order valence-electron chi connectivity index (χ3n) is 2.13. The van der Waals surface area contributed by atoms with E-state index in [9.17, 15) is 4.39 Å². The maximum absolute atomic E-state index is 12.7. The normalized spacial score (nSPS) is 10.2. The second-order valence-electron chi connectivity index (χ2n) is 3.21. The van der Waals surface area contributed by atoms with Crippen LogP contribution in [0.1, 0.15) is 0 Å². The third-order valence-corrected chi connectivity index (χ3v) is 2.13. The zero-order chi connectivity index (χ0) is 10.8. The van der Waals surface area contributed by atoms with Gasteiger partial charge in [-0.1, -0.05) is 12.1 Å². The minimum Gasteiger partial charge on any atom is -0.396 e. The molecule has 0 saturated heterocycles. The van der Waals surface area contributed by atoms with E-state index in [4.69, 9.17) is 11.5 Å². The molecule has 4 heteroatoms. The van der Waals surface area contributed by atoms with Gasteiger partial charge in [-0.2, -0.15) is 0 Å². The Morgan fingerprint density at radius 1 is 1.00 bits per heavy atom. The van der Waals surface area contributed by atoms with Crippen LogP contribution in [0.4, 0.5) is 15.9 Å². The van der Waals surface area contributed by atoms with Gasteiger partial charge in [-0.25, -0.2) is 9.37 Å². The van der Waals surface area contributed by atoms with E-state index in [0.717, 1.165) is 11.1 Å². The summed E-state index contributed by atoms with van der Waals surface area (Å²) in [5.41, 5.74) is 13.2. The summed E-state index contributed by atoms with van der Waals surface area (Å²) < 4.78 is 12.7. The molecule has 1 aromatic heterocycles. The van der Waals surface area contributed by atoms with Gasteiger partial charge in [0.25, 0.3) is 0 Å². The van der Waals surface area contributed by atoms with Crippen LogP contribution in [0.5, 0.6) is 0 Å². The van der Waals surface area contributed by atoms with Crippen LogP contribution in [0.25, 0.3) is 11.1 Å². The van der Waals surface area contributed by atoms with Gasteiger partial charge in [-0.3, -0.25) is 0 Å². The number of nitrogens with zero attached hydrogens (tertiary/aromatic N) is 1. The van der Waals surface area contributed by atoms with Crippen molar-refractivity contribution < 1.29 is 4.39 Å². The van der Waals surface area contributed by atoms with Crippen molar-refractivity contribution in [3.05, 3.63) is 42.3 Å². The van der Waals surface area contributed by atoms with Crippen molar-refractivity contribution >= 4 is 11.5 Å². The first-order valence-electron chi connectivity index (χ1n) is 4.44. The molecule has 1 aromatic carbocycles. The van der Waals surface area contributed by atoms with E-state index < -0.39 is 0 Å². The predicted molar refractivity (Wildman–Crippen MR) is 58.5 cm³/mol. The first-order chi connectivity index (χ1) is 7.16. The Morgan fingerprint density at radius 2 is 1.67 bits per heavy atom. The molecule has 76 valence electrons. The minimum absolute atomic E-state index is 0.268. The highest BCUT2D eigenvalue weighted by molar-refractivity contribution is 5.71. The van der Waals surface area contributed by atoms with E-state index in [1.54, 1.807) is 24.4 Å². The van der Waals surface area contributed by atoms with E-state index in [-0.39, 0.29) is 5.82 Å². The number of pyridine rings is 1. The molecule has 2 rings (SSSR count). The molecule has 0 saturated carbocycles. The fourth-order valence-corrected chi connectivity index (χ4v) is 1.29. The summed E-state index contributed by atoms with van der Waals surface area (Å²) in [7, 11) is 0. The number of benzene rings is 1. The van der Waals surface area contributed by atoms with Crippen LogP contribution < -0.4 is 11.5 Å². The molecule has 0 bridgehead atoms. The van der Waals surface area contributed by atoms with Crippen LogP contribution in [0, 0.1) is 5.82 Å². The van der Waals surface area contributed by atoms with E-state index >= 15 is 0 Å². The first kappa shape index (κ1) is 9.45. The fourth-order valence-electron chi connectivity index (χ4n) is 1.29. The van der Waals surface area contributed by atoms with Crippen molar-refractivity contribution in [3.63, 3.8) is 0 Å². The van der Waals surface area contributed by atoms with Gasteiger partial charge in [-0.15, -0.1) is 0 Å². The molecule has 0 unspecified atom stereocenters. The number of halogens is 1. The number of aromatic nitrogens is 1. The van der Waals surface area contributed by atoms with Gasteiger partial charge in [0.2, 0.25) is 0 Å². The van der Waals surface area contributed by atoms with E-state index in [2.05, 4.69) is 4.98 Å². The molecule has 2 aromatic rings. The Balaban J connectivity index is 2.45. The van der Waals surface area contributed by atoms with Gasteiger partial charge in [0.15, 0.2) is 0 Å². The van der Waals surface area contributed by atoms with Crippen LogP contribution in [0.3, 0.4) is 0 Å². The Hall–Kier alpha value is -2.10. The molecule has 0 atom stereocenters. The van der Waals surface area contributed by atoms with Crippen molar-refractivity contribution in [2.24, 2.45) is 0 Å². The Labute approximate surface area is 86.6 Å². The molecule has 1 heterocycles. The number of nitrogen functional groups attached to an aromatic ring is 2. The second-order valence-corrected chi connectivity index (χ2v) is 3.21. The number of hydrogen-bond acceptors (Lipinski definition) is 3. The lowest BCUT2D eigenvalue weighted by atomic mass is 10.1. The quantitative estimate of drug-likeness (QED) is 0.745. The van der Waals surface area contributed by atoms with Crippen molar-refractivity contribution in [1.29, 1.82) is 0 Å². The highest BCUT2D eigenvalue weighted by Gasteiger charge is 2.01. The van der Waals surface area contributed by atoms with Crippen LogP contribution in [-0.2, 0) is 0 Å². The zero-order valence-corrected chi connectivity index (χ0v) is 7.94. The number of rotatable bonds is 1. The topological polar surface area (TPSA) is 64.9 Å². The third kappa shape index (κ3) is 1.88. The second kappa shape index (κ2) is 3.57. The minimum atomic E-state index is -0.268. The molecule has 0 fully saturated rings. The van der Waals surface area contributed by atoms with Crippen molar-refractivity contribution in [3.8, 4) is 11.1 Å². The molecule has 0 spiro atoms. The maximum Gasteiger partial charge on any atom is 0.146 e. The number of hydrogen-bond donors (Lipinski definition) is 2. The summed E-state index contributed by atoms with van der Waals surface area (Å²) in [6.45, 7) is 0. The fraction of sp³-hybridized carbons (Fsp3) is 0.